The fourth-order valence-corrected chi connectivity index (χ4v) is 3.04. The van der Waals surface area contributed by atoms with Crippen molar-refractivity contribution in [1.29, 1.82) is 0 Å². The summed E-state index contributed by atoms with van der Waals surface area (Å²) >= 11 is 0. The van der Waals surface area contributed by atoms with E-state index in [0.29, 0.717) is 12.0 Å². The van der Waals surface area contributed by atoms with Crippen molar-refractivity contribution in [2.24, 2.45) is 0 Å². The van der Waals surface area contributed by atoms with Gasteiger partial charge < -0.3 is 4.74 Å². The maximum Gasteiger partial charge on any atom is 0.339 e. The molecule has 21 heavy (non-hydrogen) atoms. The van der Waals surface area contributed by atoms with Gasteiger partial charge in [0.2, 0.25) is 0 Å². The quantitative estimate of drug-likeness (QED) is 0.651. The second kappa shape index (κ2) is 4.74. The summed E-state index contributed by atoms with van der Waals surface area (Å²) in [6.07, 6.45) is 0.499. The Morgan fingerprint density at radius 1 is 0.857 bits per heavy atom. The highest BCUT2D eigenvalue weighted by Gasteiger charge is 2.28. The van der Waals surface area contributed by atoms with Crippen LogP contribution in [0.15, 0.2) is 66.7 Å². The summed E-state index contributed by atoms with van der Waals surface area (Å²) in [5.41, 5.74) is 2.95. The van der Waals surface area contributed by atoms with E-state index in [-0.39, 0.29) is 12.1 Å². The molecule has 0 N–H and O–H groups in total. The van der Waals surface area contributed by atoms with Crippen LogP contribution >= 0.6 is 0 Å². The number of ether oxygens (including phenoxy) is 1. The van der Waals surface area contributed by atoms with Crippen LogP contribution in [0.2, 0.25) is 0 Å². The number of cyclic esters (lactones) is 1. The highest BCUT2D eigenvalue weighted by Crippen LogP contribution is 2.36. The first-order valence-electron chi connectivity index (χ1n) is 7.09. The molecule has 102 valence electrons. The molecule has 1 aliphatic rings. The first-order chi connectivity index (χ1) is 10.3. The first kappa shape index (κ1) is 12.2. The summed E-state index contributed by atoms with van der Waals surface area (Å²) < 4.78 is 5.67. The van der Waals surface area contributed by atoms with Gasteiger partial charge in [-0.1, -0.05) is 60.7 Å². The van der Waals surface area contributed by atoms with Gasteiger partial charge in [0.25, 0.3) is 0 Å². The van der Waals surface area contributed by atoms with Crippen LogP contribution in [-0.4, -0.2) is 5.97 Å². The van der Waals surface area contributed by atoms with Crippen molar-refractivity contribution in [3.8, 4) is 0 Å². The van der Waals surface area contributed by atoms with E-state index >= 15 is 0 Å². The molecule has 3 aromatic carbocycles. The molecule has 4 rings (SSSR count). The van der Waals surface area contributed by atoms with E-state index < -0.39 is 0 Å². The Balaban J connectivity index is 1.85. The van der Waals surface area contributed by atoms with Gasteiger partial charge in [-0.2, -0.15) is 0 Å². The maximum atomic E-state index is 12.3. The van der Waals surface area contributed by atoms with Gasteiger partial charge in [0, 0.05) is 17.4 Å². The molecule has 0 amide bonds. The van der Waals surface area contributed by atoms with Crippen molar-refractivity contribution in [2.45, 2.75) is 12.5 Å². The summed E-state index contributed by atoms with van der Waals surface area (Å²) in [6, 6.07) is 22.1. The van der Waals surface area contributed by atoms with Crippen molar-refractivity contribution in [2.75, 3.05) is 0 Å². The summed E-state index contributed by atoms with van der Waals surface area (Å²) in [5, 5.41) is 2.14. The molecule has 2 heteroatoms. The zero-order valence-electron chi connectivity index (χ0n) is 11.5. The molecule has 0 bridgehead atoms. The zero-order chi connectivity index (χ0) is 14.2. The van der Waals surface area contributed by atoms with Crippen molar-refractivity contribution >= 4 is 16.7 Å². The van der Waals surface area contributed by atoms with Crippen molar-refractivity contribution in [3.63, 3.8) is 0 Å². The Morgan fingerprint density at radius 2 is 1.62 bits per heavy atom. The monoisotopic (exact) mass is 274 g/mol. The summed E-state index contributed by atoms with van der Waals surface area (Å²) in [4.78, 5) is 12.3. The van der Waals surface area contributed by atoms with E-state index in [1.54, 1.807) is 0 Å². The highest BCUT2D eigenvalue weighted by atomic mass is 16.5. The Labute approximate surface area is 123 Å². The lowest BCUT2D eigenvalue weighted by molar-refractivity contribution is 0.0284. The van der Waals surface area contributed by atoms with E-state index in [1.807, 2.05) is 48.5 Å². The van der Waals surface area contributed by atoms with Gasteiger partial charge in [0.1, 0.15) is 6.10 Å². The van der Waals surface area contributed by atoms with E-state index in [1.165, 1.54) is 5.56 Å². The van der Waals surface area contributed by atoms with Crippen LogP contribution in [0.3, 0.4) is 0 Å². The van der Waals surface area contributed by atoms with E-state index in [9.17, 15) is 4.79 Å². The van der Waals surface area contributed by atoms with Crippen LogP contribution in [-0.2, 0) is 11.2 Å². The smallest absolute Gasteiger partial charge is 0.339 e. The zero-order valence-corrected chi connectivity index (χ0v) is 11.5. The number of carbonyl (C=O) groups is 1. The highest BCUT2D eigenvalue weighted by molar-refractivity contribution is 6.07. The normalized spacial score (nSPS) is 16.8. The molecule has 0 radical (unpaired) electrons. The Hall–Kier alpha value is -2.61. The average Bonchev–Trinajstić information content (AvgIpc) is 2.53. The number of benzene rings is 3. The molecular weight excluding hydrogens is 260 g/mol. The fourth-order valence-electron chi connectivity index (χ4n) is 3.04. The van der Waals surface area contributed by atoms with Crippen LogP contribution in [0.4, 0.5) is 0 Å². The second-order valence-electron chi connectivity index (χ2n) is 5.33. The molecule has 1 unspecified atom stereocenters. The lowest BCUT2D eigenvalue weighted by Gasteiger charge is -2.25. The van der Waals surface area contributed by atoms with Gasteiger partial charge in [-0.25, -0.2) is 4.79 Å². The number of hydrogen-bond donors (Lipinski definition) is 0. The molecule has 0 aromatic heterocycles. The summed E-state index contributed by atoms with van der Waals surface area (Å²) in [7, 11) is 0. The molecule has 0 saturated heterocycles. The molecule has 0 fully saturated rings. The molecule has 1 atom stereocenters. The predicted molar refractivity (Wildman–Crippen MR) is 82.3 cm³/mol. The average molecular weight is 274 g/mol. The molecule has 0 saturated carbocycles. The largest absolute Gasteiger partial charge is 0.453 e. The third kappa shape index (κ3) is 2.00. The Morgan fingerprint density at radius 3 is 2.43 bits per heavy atom. The second-order valence-corrected chi connectivity index (χ2v) is 5.33. The molecule has 3 aromatic rings. The van der Waals surface area contributed by atoms with Crippen molar-refractivity contribution < 1.29 is 9.53 Å². The molecule has 0 aliphatic carbocycles. The van der Waals surface area contributed by atoms with Gasteiger partial charge in [-0.3, -0.25) is 0 Å². The van der Waals surface area contributed by atoms with Crippen molar-refractivity contribution in [3.05, 3.63) is 83.4 Å². The number of carbonyl (C=O) groups excluding carboxylic acids is 1. The number of rotatable bonds is 2. The third-order valence-electron chi connectivity index (χ3n) is 4.02. The minimum Gasteiger partial charge on any atom is -0.453 e. The first-order valence-corrected chi connectivity index (χ1v) is 7.09. The van der Waals surface area contributed by atoms with Crippen LogP contribution in [0, 0.1) is 0 Å². The SMILES string of the molecule is O=C1OC(Cc2ccccc2)c2cccc3cccc1c23. The van der Waals surface area contributed by atoms with Gasteiger partial charge >= 0.3 is 5.97 Å². The predicted octanol–water partition coefficient (Wildman–Crippen LogP) is 4.29. The number of hydrogen-bond acceptors (Lipinski definition) is 2. The fraction of sp³-hybridized carbons (Fsp3) is 0.105. The lowest BCUT2D eigenvalue weighted by Crippen LogP contribution is -2.19. The molecule has 1 aliphatic heterocycles. The molecule has 1 heterocycles. The van der Waals surface area contributed by atoms with Gasteiger partial charge in [0.05, 0.1) is 5.56 Å². The molecule has 2 nitrogen and oxygen atoms in total. The van der Waals surface area contributed by atoms with Crippen LogP contribution in [0.5, 0.6) is 0 Å². The van der Waals surface area contributed by atoms with Crippen LogP contribution in [0.25, 0.3) is 10.8 Å². The Kier molecular flexibility index (Phi) is 2.74. The van der Waals surface area contributed by atoms with Crippen molar-refractivity contribution in [1.82, 2.24) is 0 Å². The Bertz CT molecular complexity index is 816. The van der Waals surface area contributed by atoms with Crippen LogP contribution < -0.4 is 0 Å². The van der Waals surface area contributed by atoms with E-state index in [2.05, 4.69) is 18.2 Å². The third-order valence-corrected chi connectivity index (χ3v) is 4.02. The van der Waals surface area contributed by atoms with Gasteiger partial charge in [0.15, 0.2) is 0 Å². The number of esters is 1. The van der Waals surface area contributed by atoms with E-state index in [4.69, 9.17) is 4.74 Å². The standard InChI is InChI=1S/C19H14O2/c20-19-16-11-5-9-14-8-4-10-15(18(14)16)17(21-19)12-13-6-2-1-3-7-13/h1-11,17H,12H2. The minimum absolute atomic E-state index is 0.210. The molecular formula is C19H14O2. The maximum absolute atomic E-state index is 12.3. The summed E-state index contributed by atoms with van der Waals surface area (Å²) in [5.74, 6) is -0.222. The van der Waals surface area contributed by atoms with Gasteiger partial charge in [-0.05, 0) is 17.0 Å². The van der Waals surface area contributed by atoms with Gasteiger partial charge in [-0.15, -0.1) is 0 Å². The summed E-state index contributed by atoms with van der Waals surface area (Å²) in [6.45, 7) is 0. The van der Waals surface area contributed by atoms with E-state index in [0.717, 1.165) is 16.3 Å². The lowest BCUT2D eigenvalue weighted by atomic mass is 9.91. The van der Waals surface area contributed by atoms with Crippen LogP contribution in [0.1, 0.15) is 27.6 Å². The minimum atomic E-state index is -0.222. The topological polar surface area (TPSA) is 26.3 Å². The molecule has 0 spiro atoms.